The van der Waals surface area contributed by atoms with Crippen LogP contribution in [-0.4, -0.2) is 18.5 Å². The van der Waals surface area contributed by atoms with Crippen molar-refractivity contribution in [1.82, 2.24) is 0 Å². The van der Waals surface area contributed by atoms with Gasteiger partial charge in [0.1, 0.15) is 0 Å². The Kier molecular flexibility index (Phi) is 3.50. The van der Waals surface area contributed by atoms with Crippen LogP contribution in [0, 0.1) is 5.92 Å². The molecule has 2 aliphatic rings. The van der Waals surface area contributed by atoms with E-state index in [0.717, 1.165) is 37.9 Å². The molecule has 0 saturated heterocycles. The van der Waals surface area contributed by atoms with E-state index in [-0.39, 0.29) is 11.9 Å². The minimum absolute atomic E-state index is 0.198. The van der Waals surface area contributed by atoms with Crippen molar-refractivity contribution < 1.29 is 4.79 Å². The Morgan fingerprint density at radius 2 is 2.26 bits per heavy atom. The quantitative estimate of drug-likeness (QED) is 0.904. The van der Waals surface area contributed by atoms with E-state index in [0.29, 0.717) is 17.4 Å². The van der Waals surface area contributed by atoms with Crippen molar-refractivity contribution in [2.24, 2.45) is 11.7 Å². The number of anilines is 1. The molecular formula is C15H19ClN2O. The number of carbonyl (C=O) groups excluding carboxylic acids is 1. The fourth-order valence-corrected chi connectivity index (χ4v) is 3.43. The third-order valence-corrected chi connectivity index (χ3v) is 4.63. The van der Waals surface area contributed by atoms with Gasteiger partial charge in [-0.1, -0.05) is 24.1 Å². The molecule has 19 heavy (non-hydrogen) atoms. The maximum absolute atomic E-state index is 12.4. The van der Waals surface area contributed by atoms with Gasteiger partial charge in [0.25, 0.3) is 0 Å². The van der Waals surface area contributed by atoms with Gasteiger partial charge in [-0.05, 0) is 42.9 Å². The summed E-state index contributed by atoms with van der Waals surface area (Å²) in [5, 5.41) is 0.691. The first-order valence-electron chi connectivity index (χ1n) is 6.99. The molecule has 0 aromatic heterocycles. The second kappa shape index (κ2) is 5.14. The Balaban J connectivity index is 1.74. The summed E-state index contributed by atoms with van der Waals surface area (Å²) in [6.07, 6.45) is 4.80. The number of amides is 1. The molecule has 1 aliphatic heterocycles. The van der Waals surface area contributed by atoms with Crippen LogP contribution in [0.3, 0.4) is 0 Å². The van der Waals surface area contributed by atoms with Crippen molar-refractivity contribution in [2.45, 2.75) is 38.1 Å². The summed E-state index contributed by atoms with van der Waals surface area (Å²) < 4.78 is 0. The van der Waals surface area contributed by atoms with E-state index in [1.807, 2.05) is 23.1 Å². The first-order valence-corrected chi connectivity index (χ1v) is 7.37. The minimum atomic E-state index is 0.198. The topological polar surface area (TPSA) is 46.3 Å². The first-order chi connectivity index (χ1) is 9.15. The maximum Gasteiger partial charge on any atom is 0.227 e. The van der Waals surface area contributed by atoms with Crippen LogP contribution in [0.1, 0.15) is 31.2 Å². The molecule has 0 spiro atoms. The molecule has 1 aliphatic carbocycles. The highest BCUT2D eigenvalue weighted by atomic mass is 35.5. The van der Waals surface area contributed by atoms with Crippen LogP contribution in [0.2, 0.25) is 5.02 Å². The molecule has 1 saturated carbocycles. The number of hydrogen-bond acceptors (Lipinski definition) is 2. The number of rotatable bonds is 2. The summed E-state index contributed by atoms with van der Waals surface area (Å²) in [7, 11) is 0. The average molecular weight is 279 g/mol. The Morgan fingerprint density at radius 3 is 3.00 bits per heavy atom. The van der Waals surface area contributed by atoms with Crippen LogP contribution in [0.15, 0.2) is 18.2 Å². The molecule has 0 radical (unpaired) electrons. The van der Waals surface area contributed by atoms with Crippen LogP contribution in [0.25, 0.3) is 0 Å². The van der Waals surface area contributed by atoms with Gasteiger partial charge in [0, 0.05) is 29.7 Å². The van der Waals surface area contributed by atoms with Crippen molar-refractivity contribution in [3.05, 3.63) is 28.8 Å². The minimum Gasteiger partial charge on any atom is -0.327 e. The van der Waals surface area contributed by atoms with Gasteiger partial charge in [-0.15, -0.1) is 0 Å². The molecule has 2 atom stereocenters. The zero-order chi connectivity index (χ0) is 13.4. The summed E-state index contributed by atoms with van der Waals surface area (Å²) in [5.74, 6) is 0.555. The summed E-state index contributed by atoms with van der Waals surface area (Å²) in [4.78, 5) is 14.3. The van der Waals surface area contributed by atoms with Gasteiger partial charge < -0.3 is 10.6 Å². The summed E-state index contributed by atoms with van der Waals surface area (Å²) in [5.41, 5.74) is 8.26. The molecular weight excluding hydrogens is 260 g/mol. The van der Waals surface area contributed by atoms with Crippen LogP contribution in [0.5, 0.6) is 0 Å². The smallest absolute Gasteiger partial charge is 0.227 e. The fraction of sp³-hybridized carbons (Fsp3) is 0.533. The number of carbonyl (C=O) groups is 1. The van der Waals surface area contributed by atoms with E-state index in [4.69, 9.17) is 17.3 Å². The lowest BCUT2D eigenvalue weighted by Gasteiger charge is -2.21. The molecule has 1 fully saturated rings. The number of benzene rings is 1. The van der Waals surface area contributed by atoms with Crippen molar-refractivity contribution in [3.63, 3.8) is 0 Å². The Bertz CT molecular complexity index is 503. The second-order valence-electron chi connectivity index (χ2n) is 5.63. The first kappa shape index (κ1) is 12.9. The van der Waals surface area contributed by atoms with Crippen molar-refractivity contribution in [3.8, 4) is 0 Å². The van der Waals surface area contributed by atoms with Crippen LogP contribution in [-0.2, 0) is 11.2 Å². The number of nitrogens with zero attached hydrogens (tertiary/aromatic N) is 1. The Morgan fingerprint density at radius 1 is 1.42 bits per heavy atom. The predicted molar refractivity (Wildman–Crippen MR) is 77.4 cm³/mol. The standard InChI is InChI=1S/C15H19ClN2O/c16-12-5-4-10-6-7-18(14(10)9-12)15(19)8-11-2-1-3-13(11)17/h4-5,9,11,13H,1-3,6-8,17H2/t11-,13+/m0/s1. The summed E-state index contributed by atoms with van der Waals surface area (Å²) in [6.45, 7) is 0.774. The number of halogens is 1. The number of nitrogens with two attached hydrogens (primary N) is 1. The van der Waals surface area contributed by atoms with Crippen molar-refractivity contribution in [1.29, 1.82) is 0 Å². The molecule has 2 N–H and O–H groups in total. The van der Waals surface area contributed by atoms with Gasteiger partial charge in [0.05, 0.1) is 0 Å². The lowest BCUT2D eigenvalue weighted by Crippen LogP contribution is -2.34. The van der Waals surface area contributed by atoms with E-state index >= 15 is 0 Å². The molecule has 0 bridgehead atoms. The zero-order valence-corrected chi connectivity index (χ0v) is 11.7. The van der Waals surface area contributed by atoms with Crippen molar-refractivity contribution >= 4 is 23.2 Å². The van der Waals surface area contributed by atoms with E-state index in [1.165, 1.54) is 5.56 Å². The monoisotopic (exact) mass is 278 g/mol. The molecule has 1 amide bonds. The maximum atomic E-state index is 12.4. The lowest BCUT2D eigenvalue weighted by molar-refractivity contribution is -0.119. The highest BCUT2D eigenvalue weighted by Gasteiger charge is 2.30. The van der Waals surface area contributed by atoms with Gasteiger partial charge >= 0.3 is 0 Å². The third-order valence-electron chi connectivity index (χ3n) is 4.40. The highest BCUT2D eigenvalue weighted by Crippen LogP contribution is 2.33. The fourth-order valence-electron chi connectivity index (χ4n) is 3.26. The second-order valence-corrected chi connectivity index (χ2v) is 6.06. The van der Waals surface area contributed by atoms with Gasteiger partial charge in [-0.3, -0.25) is 4.79 Å². The van der Waals surface area contributed by atoms with Gasteiger partial charge in [0.2, 0.25) is 5.91 Å². The Labute approximate surface area is 118 Å². The summed E-state index contributed by atoms with van der Waals surface area (Å²) >= 11 is 6.03. The van der Waals surface area contributed by atoms with Crippen molar-refractivity contribution in [2.75, 3.05) is 11.4 Å². The number of fused-ring (bicyclic) bond motifs is 1. The van der Waals surface area contributed by atoms with Gasteiger partial charge in [0.15, 0.2) is 0 Å². The molecule has 0 unspecified atom stereocenters. The molecule has 1 aromatic carbocycles. The predicted octanol–water partition coefficient (Wildman–Crippen LogP) is 2.75. The van der Waals surface area contributed by atoms with Crippen LogP contribution >= 0.6 is 11.6 Å². The van der Waals surface area contributed by atoms with Crippen LogP contribution in [0.4, 0.5) is 5.69 Å². The number of hydrogen-bond donors (Lipinski definition) is 1. The van der Waals surface area contributed by atoms with Gasteiger partial charge in [-0.25, -0.2) is 0 Å². The highest BCUT2D eigenvalue weighted by molar-refractivity contribution is 6.31. The largest absolute Gasteiger partial charge is 0.327 e. The molecule has 102 valence electrons. The Hall–Kier alpha value is -1.06. The van der Waals surface area contributed by atoms with Crippen LogP contribution < -0.4 is 10.6 Å². The van der Waals surface area contributed by atoms with E-state index in [1.54, 1.807) is 0 Å². The SMILES string of the molecule is N[C@@H]1CCC[C@H]1CC(=O)N1CCc2ccc(Cl)cc21. The van der Waals surface area contributed by atoms with E-state index in [9.17, 15) is 4.79 Å². The average Bonchev–Trinajstić information content (AvgIpc) is 2.96. The molecule has 3 rings (SSSR count). The van der Waals surface area contributed by atoms with E-state index < -0.39 is 0 Å². The molecule has 1 heterocycles. The van der Waals surface area contributed by atoms with Gasteiger partial charge in [-0.2, -0.15) is 0 Å². The summed E-state index contributed by atoms with van der Waals surface area (Å²) in [6, 6.07) is 6.01. The molecule has 1 aromatic rings. The zero-order valence-electron chi connectivity index (χ0n) is 10.9. The molecule has 3 nitrogen and oxygen atoms in total. The van der Waals surface area contributed by atoms with E-state index in [2.05, 4.69) is 0 Å². The lowest BCUT2D eigenvalue weighted by atomic mass is 9.99. The normalized spacial score (nSPS) is 25.7. The third kappa shape index (κ3) is 2.49. The molecule has 4 heteroatoms.